The summed E-state index contributed by atoms with van der Waals surface area (Å²) in [6, 6.07) is 4.03. The Kier molecular flexibility index (Phi) is 4.03. The zero-order valence-electron chi connectivity index (χ0n) is 13.8. The van der Waals surface area contributed by atoms with Gasteiger partial charge in [0.15, 0.2) is 0 Å². The number of hydrogen-bond acceptors (Lipinski definition) is 7. The minimum absolute atomic E-state index is 0.703. The van der Waals surface area contributed by atoms with Gasteiger partial charge in [0.1, 0.15) is 18.4 Å². The molecule has 124 valence electrons. The monoisotopic (exact) mass is 341 g/mol. The molecule has 0 saturated heterocycles. The molecule has 0 bridgehead atoms. The van der Waals surface area contributed by atoms with Crippen LogP contribution in [0.25, 0.3) is 10.8 Å². The van der Waals surface area contributed by atoms with Crippen molar-refractivity contribution in [3.63, 3.8) is 0 Å². The van der Waals surface area contributed by atoms with E-state index in [0.717, 1.165) is 48.1 Å². The second kappa shape index (κ2) is 6.33. The second-order valence-electron chi connectivity index (χ2n) is 6.10. The molecule has 0 saturated carbocycles. The molecule has 4 rings (SSSR count). The van der Waals surface area contributed by atoms with Crippen LogP contribution in [0, 0.1) is 0 Å². The average Bonchev–Trinajstić information content (AvgIpc) is 3.25. The average molecular weight is 341 g/mol. The summed E-state index contributed by atoms with van der Waals surface area (Å²) in [5, 5.41) is 2.03. The number of fused-ring (bicyclic) bond motifs is 1. The number of oxazole rings is 1. The predicted octanol–water partition coefficient (Wildman–Crippen LogP) is 2.82. The molecule has 1 aliphatic rings. The van der Waals surface area contributed by atoms with Crippen LogP contribution in [0.5, 0.6) is 0 Å². The topological polar surface area (TPSA) is 58.3 Å². The third-order valence-electron chi connectivity index (χ3n) is 4.15. The zero-order chi connectivity index (χ0) is 16.5. The molecule has 0 aliphatic carbocycles. The van der Waals surface area contributed by atoms with E-state index < -0.39 is 0 Å². The van der Waals surface area contributed by atoms with Crippen molar-refractivity contribution in [2.24, 2.45) is 0 Å². The Hall–Kier alpha value is -2.25. The minimum atomic E-state index is 0.703. The van der Waals surface area contributed by atoms with Crippen LogP contribution in [0.15, 0.2) is 34.5 Å². The number of nitrogens with zero attached hydrogens (tertiary/aromatic N) is 5. The standard InChI is InChI=1S/C17H19N5OS/c1-21(2)16-13-9-22(6-5-14(13)18-11-19-16)8-12-10-23-17(20-12)15-4-3-7-24-15/h3-4,7,10-11H,5-6,8-9H2,1-2H3. The molecule has 7 heteroatoms. The molecule has 0 unspecified atom stereocenters. The summed E-state index contributed by atoms with van der Waals surface area (Å²) < 4.78 is 5.62. The van der Waals surface area contributed by atoms with Crippen molar-refractivity contribution in [1.29, 1.82) is 0 Å². The second-order valence-corrected chi connectivity index (χ2v) is 7.05. The first-order chi connectivity index (χ1) is 11.7. The summed E-state index contributed by atoms with van der Waals surface area (Å²) in [6.45, 7) is 2.58. The largest absolute Gasteiger partial charge is 0.444 e. The fraction of sp³-hybridized carbons (Fsp3) is 0.353. The van der Waals surface area contributed by atoms with Gasteiger partial charge < -0.3 is 9.32 Å². The lowest BCUT2D eigenvalue weighted by molar-refractivity contribution is 0.240. The molecule has 0 amide bonds. The Bertz CT molecular complexity index is 827. The van der Waals surface area contributed by atoms with Crippen molar-refractivity contribution >= 4 is 17.2 Å². The van der Waals surface area contributed by atoms with Gasteiger partial charge in [-0.05, 0) is 11.4 Å². The molecule has 3 aromatic heterocycles. The Morgan fingerprint density at radius 3 is 3.04 bits per heavy atom. The molecule has 0 spiro atoms. The first kappa shape index (κ1) is 15.3. The molecule has 0 radical (unpaired) electrons. The number of aromatic nitrogens is 3. The molecule has 1 aliphatic heterocycles. The predicted molar refractivity (Wildman–Crippen MR) is 94.0 cm³/mol. The van der Waals surface area contributed by atoms with Crippen LogP contribution in [0.2, 0.25) is 0 Å². The van der Waals surface area contributed by atoms with Crippen LogP contribution in [0.4, 0.5) is 5.82 Å². The van der Waals surface area contributed by atoms with Gasteiger partial charge in [-0.15, -0.1) is 11.3 Å². The van der Waals surface area contributed by atoms with Gasteiger partial charge in [0, 0.05) is 45.7 Å². The Balaban J connectivity index is 1.51. The highest BCUT2D eigenvalue weighted by Gasteiger charge is 2.22. The smallest absolute Gasteiger partial charge is 0.236 e. The van der Waals surface area contributed by atoms with Crippen molar-refractivity contribution in [2.45, 2.75) is 19.5 Å². The minimum Gasteiger partial charge on any atom is -0.444 e. The molecule has 0 aromatic carbocycles. The lowest BCUT2D eigenvalue weighted by atomic mass is 10.1. The molecule has 0 N–H and O–H groups in total. The first-order valence-electron chi connectivity index (χ1n) is 7.91. The summed E-state index contributed by atoms with van der Waals surface area (Å²) in [7, 11) is 4.04. The maximum Gasteiger partial charge on any atom is 0.236 e. The summed E-state index contributed by atoms with van der Waals surface area (Å²) in [4.78, 5) is 19.0. The number of hydrogen-bond donors (Lipinski definition) is 0. The van der Waals surface area contributed by atoms with Gasteiger partial charge in [-0.2, -0.15) is 0 Å². The van der Waals surface area contributed by atoms with Gasteiger partial charge >= 0.3 is 0 Å². The van der Waals surface area contributed by atoms with Crippen molar-refractivity contribution in [1.82, 2.24) is 19.9 Å². The van der Waals surface area contributed by atoms with E-state index in [2.05, 4.69) is 24.8 Å². The lowest BCUT2D eigenvalue weighted by Crippen LogP contribution is -2.32. The van der Waals surface area contributed by atoms with Gasteiger partial charge in [0.05, 0.1) is 16.3 Å². The van der Waals surface area contributed by atoms with Gasteiger partial charge in [0.2, 0.25) is 5.89 Å². The highest BCUT2D eigenvalue weighted by molar-refractivity contribution is 7.13. The normalized spacial score (nSPS) is 14.6. The van der Waals surface area contributed by atoms with E-state index in [1.807, 2.05) is 31.6 Å². The van der Waals surface area contributed by atoms with Crippen molar-refractivity contribution in [2.75, 3.05) is 25.5 Å². The highest BCUT2D eigenvalue weighted by atomic mass is 32.1. The first-order valence-corrected chi connectivity index (χ1v) is 8.79. The zero-order valence-corrected chi connectivity index (χ0v) is 14.6. The van der Waals surface area contributed by atoms with E-state index in [1.165, 1.54) is 5.56 Å². The molecule has 4 heterocycles. The van der Waals surface area contributed by atoms with Crippen LogP contribution in [-0.2, 0) is 19.5 Å². The summed E-state index contributed by atoms with van der Waals surface area (Å²) in [6.07, 6.45) is 4.36. The SMILES string of the molecule is CN(C)c1ncnc2c1CN(Cc1coc(-c3cccs3)n1)CC2. The van der Waals surface area contributed by atoms with E-state index in [-0.39, 0.29) is 0 Å². The quantitative estimate of drug-likeness (QED) is 0.727. The molecule has 0 atom stereocenters. The molecular formula is C17H19N5OS. The van der Waals surface area contributed by atoms with E-state index in [9.17, 15) is 0 Å². The van der Waals surface area contributed by atoms with Gasteiger partial charge in [-0.3, -0.25) is 4.90 Å². The highest BCUT2D eigenvalue weighted by Crippen LogP contribution is 2.27. The maximum atomic E-state index is 5.62. The lowest BCUT2D eigenvalue weighted by Gasteiger charge is -2.29. The van der Waals surface area contributed by atoms with E-state index in [1.54, 1.807) is 23.9 Å². The number of thiophene rings is 1. The van der Waals surface area contributed by atoms with E-state index in [0.29, 0.717) is 5.89 Å². The van der Waals surface area contributed by atoms with Gasteiger partial charge in [0.25, 0.3) is 0 Å². The summed E-state index contributed by atoms with van der Waals surface area (Å²) in [5.41, 5.74) is 3.34. The van der Waals surface area contributed by atoms with Gasteiger partial charge in [-0.25, -0.2) is 15.0 Å². The van der Waals surface area contributed by atoms with E-state index in [4.69, 9.17) is 4.42 Å². The third kappa shape index (κ3) is 2.92. The van der Waals surface area contributed by atoms with E-state index >= 15 is 0 Å². The fourth-order valence-corrected chi connectivity index (χ4v) is 3.68. The molecule has 6 nitrogen and oxygen atoms in total. The number of rotatable bonds is 4. The fourth-order valence-electron chi connectivity index (χ4n) is 3.02. The Morgan fingerprint density at radius 1 is 1.33 bits per heavy atom. The number of anilines is 1. The van der Waals surface area contributed by atoms with Gasteiger partial charge in [-0.1, -0.05) is 6.07 Å². The Labute approximate surface area is 144 Å². The molecule has 3 aromatic rings. The maximum absolute atomic E-state index is 5.62. The molecule has 24 heavy (non-hydrogen) atoms. The van der Waals surface area contributed by atoms with Crippen molar-refractivity contribution in [3.05, 3.63) is 47.1 Å². The van der Waals surface area contributed by atoms with Crippen LogP contribution in [0.3, 0.4) is 0 Å². The summed E-state index contributed by atoms with van der Waals surface area (Å²) >= 11 is 1.64. The molecule has 0 fully saturated rings. The van der Waals surface area contributed by atoms with Crippen molar-refractivity contribution in [3.8, 4) is 10.8 Å². The molecular weight excluding hydrogens is 322 g/mol. The van der Waals surface area contributed by atoms with Crippen molar-refractivity contribution < 1.29 is 4.42 Å². The van der Waals surface area contributed by atoms with Crippen LogP contribution < -0.4 is 4.90 Å². The van der Waals surface area contributed by atoms with Crippen LogP contribution in [0.1, 0.15) is 17.0 Å². The third-order valence-corrected chi connectivity index (χ3v) is 5.01. The van der Waals surface area contributed by atoms with Crippen LogP contribution >= 0.6 is 11.3 Å². The summed E-state index contributed by atoms with van der Waals surface area (Å²) in [5.74, 6) is 1.71. The Morgan fingerprint density at radius 2 is 2.25 bits per heavy atom. The van der Waals surface area contributed by atoms with Crippen LogP contribution in [-0.4, -0.2) is 40.5 Å².